The van der Waals surface area contributed by atoms with Gasteiger partial charge in [0.1, 0.15) is 12.1 Å². The third-order valence-corrected chi connectivity index (χ3v) is 2.82. The van der Waals surface area contributed by atoms with Crippen molar-refractivity contribution >= 4 is 23.7 Å². The fourth-order valence-corrected chi connectivity index (χ4v) is 1.79. The lowest BCUT2D eigenvalue weighted by Gasteiger charge is -1.98. The lowest BCUT2D eigenvalue weighted by Crippen LogP contribution is -2.07. The highest BCUT2D eigenvalue weighted by Crippen LogP contribution is 2.14. The van der Waals surface area contributed by atoms with E-state index in [9.17, 15) is 4.79 Å². The van der Waals surface area contributed by atoms with E-state index in [4.69, 9.17) is 10.8 Å². The van der Waals surface area contributed by atoms with Crippen molar-refractivity contribution < 1.29 is 9.21 Å². The van der Waals surface area contributed by atoms with E-state index in [1.54, 1.807) is 18.2 Å². The minimum absolute atomic E-state index is 0.254. The second kappa shape index (κ2) is 5.89. The first-order valence-electron chi connectivity index (χ1n) is 5.03. The quantitative estimate of drug-likeness (QED) is 0.477. The van der Waals surface area contributed by atoms with Gasteiger partial charge in [0.25, 0.3) is 5.91 Å². The molecule has 6 heteroatoms. The zero-order valence-electron chi connectivity index (χ0n) is 9.31. The number of hydrogen-bond acceptors (Lipinski definition) is 5. The van der Waals surface area contributed by atoms with Crippen molar-refractivity contribution in [2.24, 2.45) is 0 Å². The molecule has 0 atom stereocenters. The van der Waals surface area contributed by atoms with Crippen LogP contribution in [0.15, 0.2) is 40.4 Å². The number of hydrogen-bond donors (Lipinski definition) is 0. The molecule has 0 spiro atoms. The van der Waals surface area contributed by atoms with E-state index in [2.05, 4.69) is 16.1 Å². The SMILES string of the molecule is C#CCSc1nncn1C(=O)C=Cc1ccco1. The molecule has 90 valence electrons. The van der Waals surface area contributed by atoms with Crippen LogP contribution in [0.1, 0.15) is 10.6 Å². The Bertz CT molecular complexity index is 593. The van der Waals surface area contributed by atoms with E-state index < -0.39 is 0 Å². The molecule has 0 saturated carbocycles. The topological polar surface area (TPSA) is 60.9 Å². The zero-order valence-corrected chi connectivity index (χ0v) is 10.1. The van der Waals surface area contributed by atoms with Gasteiger partial charge in [-0.3, -0.25) is 4.79 Å². The van der Waals surface area contributed by atoms with Crippen molar-refractivity contribution in [1.82, 2.24) is 14.8 Å². The molecule has 2 aromatic heterocycles. The number of carbonyl (C=O) groups is 1. The van der Waals surface area contributed by atoms with Gasteiger partial charge in [-0.05, 0) is 18.2 Å². The lowest BCUT2D eigenvalue weighted by atomic mass is 10.4. The van der Waals surface area contributed by atoms with Gasteiger partial charge in [-0.2, -0.15) is 0 Å². The van der Waals surface area contributed by atoms with Crippen LogP contribution in [-0.4, -0.2) is 26.4 Å². The molecule has 0 N–H and O–H groups in total. The van der Waals surface area contributed by atoms with Crippen LogP contribution in [0.2, 0.25) is 0 Å². The Hall–Kier alpha value is -2.26. The van der Waals surface area contributed by atoms with Gasteiger partial charge in [0, 0.05) is 6.08 Å². The van der Waals surface area contributed by atoms with E-state index in [0.717, 1.165) is 0 Å². The van der Waals surface area contributed by atoms with E-state index in [0.29, 0.717) is 16.7 Å². The van der Waals surface area contributed by atoms with E-state index in [1.807, 2.05) is 0 Å². The first-order chi connectivity index (χ1) is 8.81. The second-order valence-corrected chi connectivity index (χ2v) is 4.11. The number of rotatable bonds is 4. The summed E-state index contributed by atoms with van der Waals surface area (Å²) >= 11 is 1.28. The third kappa shape index (κ3) is 2.90. The molecule has 0 amide bonds. The fraction of sp³-hybridized carbons (Fsp3) is 0.0833. The molecule has 0 aliphatic heterocycles. The molecule has 2 rings (SSSR count). The Kier molecular flexibility index (Phi) is 3.99. The summed E-state index contributed by atoms with van der Waals surface area (Å²) in [5, 5.41) is 7.98. The normalized spacial score (nSPS) is 10.6. The van der Waals surface area contributed by atoms with Crippen molar-refractivity contribution in [2.75, 3.05) is 5.75 Å². The number of allylic oxidation sites excluding steroid dienone is 1. The fourth-order valence-electron chi connectivity index (χ4n) is 1.20. The Morgan fingerprint density at radius 3 is 3.28 bits per heavy atom. The van der Waals surface area contributed by atoms with Crippen LogP contribution in [0.3, 0.4) is 0 Å². The van der Waals surface area contributed by atoms with Crippen LogP contribution in [0.5, 0.6) is 0 Å². The third-order valence-electron chi connectivity index (χ3n) is 1.97. The van der Waals surface area contributed by atoms with Crippen LogP contribution in [-0.2, 0) is 0 Å². The first-order valence-corrected chi connectivity index (χ1v) is 6.02. The van der Waals surface area contributed by atoms with Crippen LogP contribution in [0.25, 0.3) is 6.08 Å². The summed E-state index contributed by atoms with van der Waals surface area (Å²) in [4.78, 5) is 11.9. The molecule has 0 aromatic carbocycles. The Morgan fingerprint density at radius 2 is 2.56 bits per heavy atom. The maximum absolute atomic E-state index is 11.9. The Labute approximate surface area is 108 Å². The van der Waals surface area contributed by atoms with Gasteiger partial charge >= 0.3 is 0 Å². The molecule has 2 aromatic rings. The van der Waals surface area contributed by atoms with Gasteiger partial charge in [0.15, 0.2) is 5.16 Å². The van der Waals surface area contributed by atoms with Gasteiger partial charge in [-0.25, -0.2) is 4.57 Å². The van der Waals surface area contributed by atoms with Crippen molar-refractivity contribution in [1.29, 1.82) is 0 Å². The first kappa shape index (κ1) is 12.2. The summed E-state index contributed by atoms with van der Waals surface area (Å²) in [5.74, 6) is 3.25. The van der Waals surface area contributed by atoms with Crippen LogP contribution >= 0.6 is 11.8 Å². The summed E-state index contributed by atoms with van der Waals surface area (Å²) in [6.07, 6.45) is 11.0. The van der Waals surface area contributed by atoms with Crippen molar-refractivity contribution in [3.05, 3.63) is 36.6 Å². The average Bonchev–Trinajstić information content (AvgIpc) is 3.04. The van der Waals surface area contributed by atoms with Gasteiger partial charge in [-0.1, -0.05) is 17.7 Å². The summed E-state index contributed by atoms with van der Waals surface area (Å²) in [6.45, 7) is 0. The molecular formula is C12H9N3O2S. The van der Waals surface area contributed by atoms with Gasteiger partial charge < -0.3 is 4.42 Å². The van der Waals surface area contributed by atoms with Gasteiger partial charge in [0.2, 0.25) is 0 Å². The average molecular weight is 259 g/mol. The monoisotopic (exact) mass is 259 g/mol. The Morgan fingerprint density at radius 1 is 1.67 bits per heavy atom. The molecule has 0 fully saturated rings. The number of nitrogens with zero attached hydrogens (tertiary/aromatic N) is 3. The highest BCUT2D eigenvalue weighted by atomic mass is 32.2. The number of carbonyl (C=O) groups excluding carboxylic acids is 1. The van der Waals surface area contributed by atoms with E-state index in [-0.39, 0.29) is 5.91 Å². The van der Waals surface area contributed by atoms with Crippen molar-refractivity contribution in [3.63, 3.8) is 0 Å². The predicted octanol–water partition coefficient (Wildman–Crippen LogP) is 1.95. The summed E-state index contributed by atoms with van der Waals surface area (Å²) in [5.41, 5.74) is 0. The molecule has 5 nitrogen and oxygen atoms in total. The molecule has 2 heterocycles. The maximum atomic E-state index is 11.9. The standard InChI is InChI=1S/C12H9N3O2S/c1-2-8-18-12-14-13-9-15(12)11(16)6-5-10-4-3-7-17-10/h1,3-7,9H,8H2. The van der Waals surface area contributed by atoms with E-state index in [1.165, 1.54) is 35.0 Å². The van der Waals surface area contributed by atoms with Crippen LogP contribution in [0, 0.1) is 12.3 Å². The van der Waals surface area contributed by atoms with Gasteiger partial charge in [-0.15, -0.1) is 16.6 Å². The number of thioether (sulfide) groups is 1. The highest BCUT2D eigenvalue weighted by Gasteiger charge is 2.09. The number of furan rings is 1. The lowest BCUT2D eigenvalue weighted by molar-refractivity contribution is 0.0959. The summed E-state index contributed by atoms with van der Waals surface area (Å²) in [6, 6.07) is 3.50. The molecule has 0 aliphatic carbocycles. The molecule has 0 bridgehead atoms. The molecule has 0 aliphatic rings. The highest BCUT2D eigenvalue weighted by molar-refractivity contribution is 7.99. The molecule has 0 radical (unpaired) electrons. The van der Waals surface area contributed by atoms with E-state index >= 15 is 0 Å². The van der Waals surface area contributed by atoms with Crippen LogP contribution in [0.4, 0.5) is 0 Å². The molecule has 0 unspecified atom stereocenters. The number of terminal acetylenes is 1. The Balaban J connectivity index is 2.10. The predicted molar refractivity (Wildman–Crippen MR) is 67.9 cm³/mol. The smallest absolute Gasteiger partial charge is 0.258 e. The second-order valence-electron chi connectivity index (χ2n) is 3.16. The summed E-state index contributed by atoms with van der Waals surface area (Å²) in [7, 11) is 0. The molecular weight excluding hydrogens is 250 g/mol. The van der Waals surface area contributed by atoms with Crippen LogP contribution < -0.4 is 0 Å². The summed E-state index contributed by atoms with van der Waals surface area (Å²) < 4.78 is 6.42. The minimum Gasteiger partial charge on any atom is -0.465 e. The zero-order chi connectivity index (χ0) is 12.8. The van der Waals surface area contributed by atoms with Gasteiger partial charge in [0.05, 0.1) is 12.0 Å². The largest absolute Gasteiger partial charge is 0.465 e. The number of aromatic nitrogens is 3. The van der Waals surface area contributed by atoms with Crippen molar-refractivity contribution in [2.45, 2.75) is 5.16 Å². The maximum Gasteiger partial charge on any atom is 0.258 e. The van der Waals surface area contributed by atoms with Crippen molar-refractivity contribution in [3.8, 4) is 12.3 Å². The minimum atomic E-state index is -0.254. The molecule has 18 heavy (non-hydrogen) atoms. The molecule has 0 saturated heterocycles.